The van der Waals surface area contributed by atoms with E-state index < -0.39 is 72.6 Å². The average molecular weight is 786 g/mol. The Morgan fingerprint density at radius 3 is 2.47 bits per heavy atom. The number of quaternary nitrogens is 1. The number of ether oxygens (including phenoxy) is 3. The minimum Gasteiger partial charge on any atom is -0.548 e. The van der Waals surface area contributed by atoms with Crippen molar-refractivity contribution in [3.05, 3.63) is 118 Å². The highest BCUT2D eigenvalue weighted by Crippen LogP contribution is 2.36. The van der Waals surface area contributed by atoms with E-state index in [9.17, 15) is 45.0 Å². The van der Waals surface area contributed by atoms with E-state index in [0.29, 0.717) is 16.8 Å². The fourth-order valence-electron chi connectivity index (χ4n) is 7.23. The van der Waals surface area contributed by atoms with E-state index in [-0.39, 0.29) is 33.1 Å². The molecule has 298 valence electrons. The summed E-state index contributed by atoms with van der Waals surface area (Å²) in [5, 5.41) is 69.1. The molecule has 1 fully saturated rings. The smallest absolute Gasteiger partial charge is 0.331 e. The van der Waals surface area contributed by atoms with Crippen LogP contribution in [0.1, 0.15) is 22.7 Å². The van der Waals surface area contributed by atoms with Gasteiger partial charge in [0.1, 0.15) is 47.4 Å². The van der Waals surface area contributed by atoms with Crippen LogP contribution < -0.4 is 25.7 Å². The first-order valence-corrected chi connectivity index (χ1v) is 17.8. The van der Waals surface area contributed by atoms with Gasteiger partial charge in [-0.25, -0.2) is 4.79 Å². The standard InChI is InChI=1S/C40H39N3O14/c1-19-12-20(2)14-23(13-19)31-29-22(10-11-42-29)16-43(31)57-35-39(55-33(34(47)40(35,52)18-44)38(51)56-37(50)30(41-3)36(48)49)54-25-8-9-26-28(15-25)53-17-27(32(26)46)21-4-6-24(45)7-5-21/h4-17,30-31,33-35,38-39,41,44-45,47,51-52H,18H2,1-3H3,(H,48,49)/t30-,31?,33-,34+,35+,38+,39+,40-/m1/s1. The zero-order chi connectivity index (χ0) is 40.8. The van der Waals surface area contributed by atoms with Gasteiger partial charge in [0, 0.05) is 17.8 Å². The molecule has 0 amide bonds. The molecule has 1 saturated heterocycles. The number of likely N-dealkylation sites (N-methyl/N-ethyl adjacent to an activating group) is 1. The zero-order valence-corrected chi connectivity index (χ0v) is 30.7. The number of carboxylic acids is 1. The molecule has 3 aliphatic heterocycles. The van der Waals surface area contributed by atoms with Crippen molar-refractivity contribution < 1.29 is 68.8 Å². The number of hydrogen-bond donors (Lipinski definition) is 7. The molecule has 7 N–H and O–H groups in total. The lowest BCUT2D eigenvalue weighted by Gasteiger charge is -2.48. The van der Waals surface area contributed by atoms with Crippen molar-refractivity contribution in [2.45, 2.75) is 62.4 Å². The molecule has 3 aliphatic rings. The predicted molar refractivity (Wildman–Crippen MR) is 196 cm³/mol. The number of hydrogen-bond acceptors (Lipinski definition) is 16. The Labute approximate surface area is 323 Å². The highest BCUT2D eigenvalue weighted by atomic mass is 16.8. The van der Waals surface area contributed by atoms with Crippen molar-refractivity contribution in [2.75, 3.05) is 13.7 Å². The molecule has 17 heteroatoms. The number of benzene rings is 3. The maximum absolute atomic E-state index is 13.5. The summed E-state index contributed by atoms with van der Waals surface area (Å²) >= 11 is 0. The molecule has 17 nitrogen and oxygen atoms in total. The molecular formula is C40H39N3O14. The van der Waals surface area contributed by atoms with Gasteiger partial charge in [-0.1, -0.05) is 29.3 Å². The number of rotatable bonds is 12. The lowest BCUT2D eigenvalue weighted by Crippen LogP contribution is -3.08. The third-order valence-electron chi connectivity index (χ3n) is 10.0. The molecule has 0 spiro atoms. The second-order valence-electron chi connectivity index (χ2n) is 14.0. The van der Waals surface area contributed by atoms with Crippen LogP contribution in [-0.2, 0) is 23.9 Å². The number of carboxylic acid groups (broad SMARTS) is 1. The lowest BCUT2D eigenvalue weighted by atomic mass is 9.84. The Balaban J connectivity index is 1.26. The largest absolute Gasteiger partial charge is 0.548 e. The number of carbonyl (C=O) groups excluding carboxylic acids is 2. The van der Waals surface area contributed by atoms with Crippen LogP contribution in [-0.4, -0.2) is 99.4 Å². The summed E-state index contributed by atoms with van der Waals surface area (Å²) in [6.45, 7) is 2.65. The van der Waals surface area contributed by atoms with Crippen molar-refractivity contribution in [2.24, 2.45) is 4.99 Å². The Kier molecular flexibility index (Phi) is 10.8. The van der Waals surface area contributed by atoms with Crippen molar-refractivity contribution in [3.8, 4) is 22.6 Å². The van der Waals surface area contributed by atoms with E-state index in [1.165, 1.54) is 36.6 Å². The van der Waals surface area contributed by atoms with Crippen LogP contribution in [0.15, 0.2) is 105 Å². The first kappa shape index (κ1) is 39.5. The van der Waals surface area contributed by atoms with E-state index in [0.717, 1.165) is 23.7 Å². The number of allylic oxidation sites excluding steroid dienone is 1. The van der Waals surface area contributed by atoms with Crippen molar-refractivity contribution in [1.82, 2.24) is 5.32 Å². The third kappa shape index (κ3) is 7.45. The molecule has 0 bridgehead atoms. The van der Waals surface area contributed by atoms with Gasteiger partial charge in [0.2, 0.25) is 18.7 Å². The Morgan fingerprint density at radius 1 is 1.09 bits per heavy atom. The molecule has 0 saturated carbocycles. The summed E-state index contributed by atoms with van der Waals surface area (Å²) in [7, 11) is 1.13. The number of hydroxylamine groups is 2. The van der Waals surface area contributed by atoms with Gasteiger partial charge in [0.05, 0.1) is 29.1 Å². The number of fused-ring (bicyclic) bond motifs is 2. The topological polar surface area (TPSA) is 254 Å². The van der Waals surface area contributed by atoms with Crippen LogP contribution in [0.3, 0.4) is 0 Å². The van der Waals surface area contributed by atoms with Gasteiger partial charge < -0.3 is 59.4 Å². The van der Waals surface area contributed by atoms with Crippen molar-refractivity contribution in [1.29, 1.82) is 0 Å². The normalized spacial score (nSPS) is 26.4. The number of aryl methyl sites for hydroxylation is 2. The second-order valence-corrected chi connectivity index (χ2v) is 14.0. The summed E-state index contributed by atoms with van der Waals surface area (Å²) in [6.07, 6.45) is -4.02. The Bertz CT molecular complexity index is 2340. The number of aliphatic carboxylic acids is 1. The van der Waals surface area contributed by atoms with E-state index in [1.807, 2.05) is 32.0 Å². The number of aliphatic imine (C=N–C) groups is 1. The van der Waals surface area contributed by atoms with E-state index >= 15 is 0 Å². The molecular weight excluding hydrogens is 746 g/mol. The van der Waals surface area contributed by atoms with Crippen LogP contribution in [0.2, 0.25) is 0 Å². The number of nitrogens with zero attached hydrogens (tertiary/aromatic N) is 1. The fourth-order valence-corrected chi connectivity index (χ4v) is 7.23. The molecule has 1 aromatic heterocycles. The van der Waals surface area contributed by atoms with Gasteiger partial charge >= 0.3 is 5.97 Å². The summed E-state index contributed by atoms with van der Waals surface area (Å²) in [5.74, 6) is -3.39. The highest BCUT2D eigenvalue weighted by molar-refractivity contribution is 6.08. The van der Waals surface area contributed by atoms with Crippen LogP contribution >= 0.6 is 0 Å². The molecule has 2 unspecified atom stereocenters. The van der Waals surface area contributed by atoms with E-state index in [2.05, 4.69) is 10.3 Å². The van der Waals surface area contributed by atoms with E-state index in [1.54, 1.807) is 30.6 Å². The molecule has 0 radical (unpaired) electrons. The second kappa shape index (κ2) is 15.6. The van der Waals surface area contributed by atoms with E-state index in [4.69, 9.17) is 23.5 Å². The predicted octanol–water partition coefficient (Wildman–Crippen LogP) is -1.04. The molecule has 3 aromatic carbocycles. The summed E-state index contributed by atoms with van der Waals surface area (Å²) in [5.41, 5.74) is 1.73. The molecule has 0 aliphatic carbocycles. The van der Waals surface area contributed by atoms with Crippen LogP contribution in [0, 0.1) is 13.8 Å². The van der Waals surface area contributed by atoms with Crippen molar-refractivity contribution in [3.63, 3.8) is 0 Å². The number of aliphatic hydroxyl groups is 4. The van der Waals surface area contributed by atoms with Crippen LogP contribution in [0.25, 0.3) is 22.1 Å². The average Bonchev–Trinajstić information content (AvgIpc) is 3.76. The van der Waals surface area contributed by atoms with Crippen LogP contribution in [0.5, 0.6) is 11.5 Å². The van der Waals surface area contributed by atoms with Gasteiger partial charge in [-0.3, -0.25) is 9.79 Å². The van der Waals surface area contributed by atoms with Gasteiger partial charge in [0.25, 0.3) is 0 Å². The minimum atomic E-state index is -2.71. The van der Waals surface area contributed by atoms with Gasteiger partial charge in [-0.2, -0.15) is 9.90 Å². The molecule has 4 heterocycles. The maximum atomic E-state index is 13.5. The quantitative estimate of drug-likeness (QED) is 0.0515. The Morgan fingerprint density at radius 2 is 1.81 bits per heavy atom. The summed E-state index contributed by atoms with van der Waals surface area (Å²) in [4.78, 5) is 48.6. The fraction of sp³-hybridized carbons (Fsp3) is 0.300. The number of aromatic hydroxyl groups is 1. The summed E-state index contributed by atoms with van der Waals surface area (Å²) < 4.78 is 22.9. The number of phenols is 1. The number of carbonyl (C=O) groups is 2. The monoisotopic (exact) mass is 785 g/mol. The van der Waals surface area contributed by atoms with Gasteiger partial charge in [-0.15, -0.1) is 0 Å². The van der Waals surface area contributed by atoms with Gasteiger partial charge in [-0.05, 0) is 68.9 Å². The van der Waals surface area contributed by atoms with Crippen molar-refractivity contribution >= 4 is 28.6 Å². The molecule has 9 atom stereocenters. The van der Waals surface area contributed by atoms with Gasteiger partial charge in [0.15, 0.2) is 23.2 Å². The molecule has 7 rings (SSSR count). The number of nitrogens with one attached hydrogen (secondary N) is 2. The number of aliphatic hydroxyl groups excluding tert-OH is 3. The highest BCUT2D eigenvalue weighted by Gasteiger charge is 2.62. The van der Waals surface area contributed by atoms with Crippen LogP contribution in [0.4, 0.5) is 0 Å². The number of phenolic OH excluding ortho intramolecular Hbond substituents is 1. The first-order chi connectivity index (χ1) is 27.2. The SMILES string of the molecule is CN[C@H](C(=O)[O-])C(=O)O[C@H](O)[C@@H]1O[C@H](Oc2ccc3c(=O)c(-c4ccc(O)cc4)coc3c2)[C@H](O[NH+]2C=C3C=CN=C3C2c2cc(C)cc(C)c2)[C@@](O)(CO)[C@H]1O. The Hall–Kier alpha value is -5.76. The molecule has 57 heavy (non-hydrogen) atoms. The maximum Gasteiger partial charge on any atom is 0.331 e. The first-order valence-electron chi connectivity index (χ1n) is 17.8. The third-order valence-corrected chi connectivity index (χ3v) is 10.0. The lowest BCUT2D eigenvalue weighted by molar-refractivity contribution is -1.07. The minimum absolute atomic E-state index is 0.0170. The number of esters is 1. The molecule has 4 aromatic rings. The summed E-state index contributed by atoms with van der Waals surface area (Å²) in [6, 6.07) is 13.4. The zero-order valence-electron chi connectivity index (χ0n) is 30.7.